The topological polar surface area (TPSA) is 125 Å². The molecule has 9 nitrogen and oxygen atoms in total. The molecule has 4 amide bonds. The average Bonchev–Trinajstić information content (AvgIpc) is 2.99. The minimum atomic E-state index is -3.94. The van der Waals surface area contributed by atoms with Gasteiger partial charge in [-0.15, -0.1) is 0 Å². The highest BCUT2D eigenvalue weighted by molar-refractivity contribution is 7.92. The number of hydrogen-bond donors (Lipinski definition) is 3. The lowest BCUT2D eigenvalue weighted by molar-refractivity contribution is -0.134. The van der Waals surface area contributed by atoms with Crippen molar-refractivity contribution in [3.8, 4) is 0 Å². The summed E-state index contributed by atoms with van der Waals surface area (Å²) in [7, 11) is -3.94. The number of aryl methyl sites for hydroxylation is 1. The Morgan fingerprint density at radius 2 is 1.72 bits per heavy atom. The van der Waals surface area contributed by atoms with Gasteiger partial charge in [-0.3, -0.25) is 19.7 Å². The number of nitrogens with one attached hydrogen (secondary N) is 3. The molecule has 0 unspecified atom stereocenters. The maximum Gasteiger partial charge on any atom is 0.344 e. The summed E-state index contributed by atoms with van der Waals surface area (Å²) < 4.78 is 27.9. The molecule has 0 radical (unpaired) electrons. The fourth-order valence-electron chi connectivity index (χ4n) is 4.02. The van der Waals surface area contributed by atoms with E-state index in [1.807, 2.05) is 6.92 Å². The second-order valence-electron chi connectivity index (χ2n) is 8.15. The third-order valence-corrected chi connectivity index (χ3v) is 7.17. The second kappa shape index (κ2) is 8.27. The van der Waals surface area contributed by atoms with Crippen LogP contribution in [0.3, 0.4) is 0 Å². The molecule has 0 atom stereocenters. The van der Waals surface area contributed by atoms with Gasteiger partial charge in [-0.2, -0.15) is 5.01 Å². The zero-order valence-corrected chi connectivity index (χ0v) is 18.4. The van der Waals surface area contributed by atoms with Crippen LogP contribution in [0.5, 0.6) is 0 Å². The van der Waals surface area contributed by atoms with Gasteiger partial charge in [0.25, 0.3) is 21.8 Å². The van der Waals surface area contributed by atoms with Crippen LogP contribution in [0.4, 0.5) is 10.5 Å². The summed E-state index contributed by atoms with van der Waals surface area (Å²) in [5.74, 6) is -1.24. The first-order chi connectivity index (χ1) is 15.2. The first kappa shape index (κ1) is 21.8. The number of amides is 4. The van der Waals surface area contributed by atoms with Crippen molar-refractivity contribution in [3.05, 3.63) is 59.7 Å². The molecule has 2 aromatic rings. The molecular weight excluding hydrogens is 432 g/mol. The van der Waals surface area contributed by atoms with E-state index in [9.17, 15) is 22.8 Å². The molecule has 4 rings (SSSR count). The third-order valence-electron chi connectivity index (χ3n) is 5.79. The Balaban J connectivity index is 1.50. The molecule has 3 N–H and O–H groups in total. The second-order valence-corrected chi connectivity index (χ2v) is 9.84. The van der Waals surface area contributed by atoms with Gasteiger partial charge in [0.15, 0.2) is 0 Å². The summed E-state index contributed by atoms with van der Waals surface area (Å²) in [5.41, 5.74) is 2.73. The molecule has 1 spiro atoms. The van der Waals surface area contributed by atoms with Crippen LogP contribution in [0.25, 0.3) is 0 Å². The smallest absolute Gasteiger partial charge is 0.322 e. The zero-order valence-electron chi connectivity index (χ0n) is 17.6. The molecule has 1 saturated heterocycles. The average molecular weight is 457 g/mol. The highest BCUT2D eigenvalue weighted by Crippen LogP contribution is 2.33. The Kier molecular flexibility index (Phi) is 5.64. The number of carbonyl (C=O) groups excluding carboxylic acids is 3. The molecule has 2 fully saturated rings. The van der Waals surface area contributed by atoms with Crippen molar-refractivity contribution in [2.75, 3.05) is 4.72 Å². The van der Waals surface area contributed by atoms with Crippen molar-refractivity contribution in [2.24, 2.45) is 0 Å². The van der Waals surface area contributed by atoms with Gasteiger partial charge in [0.2, 0.25) is 0 Å². The lowest BCUT2D eigenvalue weighted by Gasteiger charge is -2.30. The minimum Gasteiger partial charge on any atom is -0.322 e. The number of nitrogens with zero attached hydrogens (tertiary/aromatic N) is 1. The summed E-state index contributed by atoms with van der Waals surface area (Å²) in [6.45, 7) is 1.89. The molecule has 1 heterocycles. The molecule has 1 aliphatic carbocycles. The van der Waals surface area contributed by atoms with E-state index in [1.54, 1.807) is 24.3 Å². The molecule has 1 aliphatic heterocycles. The fraction of sp³-hybridized carbons (Fsp3) is 0.318. The Morgan fingerprint density at radius 1 is 1.03 bits per heavy atom. The molecule has 168 valence electrons. The van der Waals surface area contributed by atoms with Gasteiger partial charge in [-0.05, 0) is 50.1 Å². The molecule has 2 aromatic carbocycles. The molecule has 0 bridgehead atoms. The molecule has 10 heteroatoms. The van der Waals surface area contributed by atoms with Gasteiger partial charge in [-0.25, -0.2) is 13.2 Å². The lowest BCUT2D eigenvalue weighted by Crippen LogP contribution is -2.50. The minimum absolute atomic E-state index is 0.00183. The zero-order chi connectivity index (χ0) is 22.9. The number of hydrazine groups is 1. The number of benzene rings is 2. The Hall–Kier alpha value is -3.40. The van der Waals surface area contributed by atoms with Gasteiger partial charge >= 0.3 is 6.03 Å². The summed E-state index contributed by atoms with van der Waals surface area (Å²) in [4.78, 5) is 37.8. The standard InChI is InChI=1S/C22H24N4O5S/c1-15-8-10-17(11-9-15)25-32(30,31)18-7-5-6-16(14-18)19(27)24-26-20(28)22(23-21(26)29)12-3-2-4-13-22/h5-11,14,25H,2-4,12-13H2,1H3,(H,23,29)(H,24,27). The Bertz CT molecular complexity index is 1170. The number of hydrogen-bond acceptors (Lipinski definition) is 5. The summed E-state index contributed by atoms with van der Waals surface area (Å²) in [5, 5.41) is 3.40. The van der Waals surface area contributed by atoms with Crippen molar-refractivity contribution >= 4 is 33.6 Å². The number of carbonyl (C=O) groups is 3. The largest absolute Gasteiger partial charge is 0.344 e. The van der Waals surface area contributed by atoms with Gasteiger partial charge in [0.05, 0.1) is 4.90 Å². The molecule has 2 aliphatic rings. The van der Waals surface area contributed by atoms with Gasteiger partial charge in [0.1, 0.15) is 5.54 Å². The number of anilines is 1. The van der Waals surface area contributed by atoms with E-state index in [4.69, 9.17) is 0 Å². The van der Waals surface area contributed by atoms with Gasteiger partial charge in [-0.1, -0.05) is 43.0 Å². The molecular formula is C22H24N4O5S. The van der Waals surface area contributed by atoms with Crippen LogP contribution >= 0.6 is 0 Å². The predicted octanol–water partition coefficient (Wildman–Crippen LogP) is 2.70. The summed E-state index contributed by atoms with van der Waals surface area (Å²) in [6, 6.07) is 11.5. The van der Waals surface area contributed by atoms with Crippen molar-refractivity contribution in [1.29, 1.82) is 0 Å². The quantitative estimate of drug-likeness (QED) is 0.597. The van der Waals surface area contributed by atoms with Crippen LogP contribution in [0.1, 0.15) is 48.0 Å². The van der Waals surface area contributed by atoms with Crippen molar-refractivity contribution in [3.63, 3.8) is 0 Å². The van der Waals surface area contributed by atoms with E-state index < -0.39 is 33.4 Å². The van der Waals surface area contributed by atoms with Gasteiger partial charge < -0.3 is 5.32 Å². The molecule has 1 saturated carbocycles. The summed E-state index contributed by atoms with van der Waals surface area (Å²) in [6.07, 6.45) is 3.70. The van der Waals surface area contributed by atoms with Crippen LogP contribution in [0.15, 0.2) is 53.4 Å². The third kappa shape index (κ3) is 4.18. The van der Waals surface area contributed by atoms with E-state index in [-0.39, 0.29) is 10.5 Å². The number of rotatable bonds is 5. The van der Waals surface area contributed by atoms with E-state index in [0.717, 1.165) is 24.8 Å². The maximum atomic E-state index is 12.8. The fourth-order valence-corrected chi connectivity index (χ4v) is 5.13. The highest BCUT2D eigenvalue weighted by Gasteiger charge is 2.52. The predicted molar refractivity (Wildman–Crippen MR) is 117 cm³/mol. The summed E-state index contributed by atoms with van der Waals surface area (Å²) >= 11 is 0. The molecule has 0 aromatic heterocycles. The van der Waals surface area contributed by atoms with Crippen LogP contribution < -0.4 is 15.5 Å². The lowest BCUT2D eigenvalue weighted by atomic mass is 9.82. The van der Waals surface area contributed by atoms with Gasteiger partial charge in [0, 0.05) is 11.3 Å². The van der Waals surface area contributed by atoms with Crippen LogP contribution in [0, 0.1) is 6.92 Å². The van der Waals surface area contributed by atoms with Crippen LogP contribution in [-0.2, 0) is 14.8 Å². The van der Waals surface area contributed by atoms with Crippen molar-refractivity contribution in [2.45, 2.75) is 49.5 Å². The first-order valence-electron chi connectivity index (χ1n) is 10.4. The number of imide groups is 1. The number of sulfonamides is 1. The SMILES string of the molecule is Cc1ccc(NS(=O)(=O)c2cccc(C(=O)NN3C(=O)NC4(CCCCC4)C3=O)c2)cc1. The Labute approximate surface area is 186 Å². The van der Waals surface area contributed by atoms with E-state index in [1.165, 1.54) is 24.3 Å². The van der Waals surface area contributed by atoms with Crippen LogP contribution in [0.2, 0.25) is 0 Å². The van der Waals surface area contributed by atoms with Crippen molar-refractivity contribution in [1.82, 2.24) is 15.8 Å². The van der Waals surface area contributed by atoms with E-state index >= 15 is 0 Å². The first-order valence-corrected chi connectivity index (χ1v) is 11.9. The van der Waals surface area contributed by atoms with Crippen LogP contribution in [-0.4, -0.2) is 36.8 Å². The maximum absolute atomic E-state index is 12.8. The normalized spacial score (nSPS) is 17.8. The highest BCUT2D eigenvalue weighted by atomic mass is 32.2. The monoisotopic (exact) mass is 456 g/mol. The van der Waals surface area contributed by atoms with E-state index in [2.05, 4.69) is 15.5 Å². The number of urea groups is 1. The molecule has 32 heavy (non-hydrogen) atoms. The van der Waals surface area contributed by atoms with Crippen molar-refractivity contribution < 1.29 is 22.8 Å². The Morgan fingerprint density at radius 3 is 2.41 bits per heavy atom. The van der Waals surface area contributed by atoms with E-state index in [0.29, 0.717) is 23.5 Å².